The third-order valence-electron chi connectivity index (χ3n) is 4.76. The molecule has 0 spiro atoms. The molecule has 1 aliphatic heterocycles. The Hall–Kier alpha value is -0.860. The second kappa shape index (κ2) is 6.06. The van der Waals surface area contributed by atoms with Crippen molar-refractivity contribution in [2.75, 3.05) is 20.1 Å². The maximum Gasteiger partial charge on any atom is 0.0387 e. The molecule has 1 fully saturated rings. The summed E-state index contributed by atoms with van der Waals surface area (Å²) >= 11 is 0. The standard InChI is InChI=1S/C17H28N2/c1-12-9-14(3)16(10-13(12)2)17-15(11-18)7-5-6-8-19(17)4/h9-10,15,17H,5-8,11,18H2,1-4H3. The topological polar surface area (TPSA) is 29.3 Å². The zero-order chi connectivity index (χ0) is 14.0. The summed E-state index contributed by atoms with van der Waals surface area (Å²) in [7, 11) is 2.26. The first-order valence-electron chi connectivity index (χ1n) is 7.52. The first-order valence-corrected chi connectivity index (χ1v) is 7.52. The van der Waals surface area contributed by atoms with E-state index in [1.54, 1.807) is 0 Å². The molecule has 0 aromatic heterocycles. The van der Waals surface area contributed by atoms with Crippen LogP contribution in [0.15, 0.2) is 12.1 Å². The zero-order valence-electron chi connectivity index (χ0n) is 12.9. The summed E-state index contributed by atoms with van der Waals surface area (Å²) in [6.07, 6.45) is 3.87. The van der Waals surface area contributed by atoms with Gasteiger partial charge in [-0.25, -0.2) is 0 Å². The van der Waals surface area contributed by atoms with E-state index in [1.807, 2.05) is 0 Å². The molecule has 0 radical (unpaired) electrons. The van der Waals surface area contributed by atoms with Gasteiger partial charge in [0.05, 0.1) is 0 Å². The largest absolute Gasteiger partial charge is 0.330 e. The maximum atomic E-state index is 6.05. The number of likely N-dealkylation sites (tertiary alicyclic amines) is 1. The predicted molar refractivity (Wildman–Crippen MR) is 82.4 cm³/mol. The minimum atomic E-state index is 0.492. The van der Waals surface area contributed by atoms with E-state index in [9.17, 15) is 0 Å². The average molecular weight is 260 g/mol. The van der Waals surface area contributed by atoms with Gasteiger partial charge in [0, 0.05) is 6.04 Å². The van der Waals surface area contributed by atoms with Crippen LogP contribution in [0.5, 0.6) is 0 Å². The molecule has 19 heavy (non-hydrogen) atoms. The van der Waals surface area contributed by atoms with E-state index >= 15 is 0 Å². The molecule has 1 saturated heterocycles. The van der Waals surface area contributed by atoms with E-state index in [2.05, 4.69) is 44.9 Å². The number of hydrogen-bond acceptors (Lipinski definition) is 2. The Balaban J connectivity index is 2.43. The summed E-state index contributed by atoms with van der Waals surface area (Å²) in [5.41, 5.74) is 11.7. The molecule has 106 valence electrons. The van der Waals surface area contributed by atoms with Gasteiger partial charge in [-0.05, 0) is 81.9 Å². The molecule has 2 nitrogen and oxygen atoms in total. The highest BCUT2D eigenvalue weighted by atomic mass is 15.1. The number of hydrogen-bond donors (Lipinski definition) is 1. The van der Waals surface area contributed by atoms with Crippen molar-refractivity contribution in [3.8, 4) is 0 Å². The van der Waals surface area contributed by atoms with E-state index in [0.29, 0.717) is 12.0 Å². The van der Waals surface area contributed by atoms with Crippen LogP contribution in [0.1, 0.15) is 47.6 Å². The van der Waals surface area contributed by atoms with Gasteiger partial charge in [0.2, 0.25) is 0 Å². The lowest BCUT2D eigenvalue weighted by Crippen LogP contribution is -2.33. The molecule has 2 N–H and O–H groups in total. The first-order chi connectivity index (χ1) is 9.04. The molecule has 1 aromatic carbocycles. The van der Waals surface area contributed by atoms with Crippen molar-refractivity contribution in [2.24, 2.45) is 11.7 Å². The summed E-state index contributed by atoms with van der Waals surface area (Å²) in [4.78, 5) is 2.52. The molecule has 0 aliphatic carbocycles. The Kier molecular flexibility index (Phi) is 4.64. The third-order valence-corrected chi connectivity index (χ3v) is 4.76. The van der Waals surface area contributed by atoms with Crippen LogP contribution in [0.3, 0.4) is 0 Å². The van der Waals surface area contributed by atoms with Gasteiger partial charge in [-0.2, -0.15) is 0 Å². The lowest BCUT2D eigenvalue weighted by molar-refractivity contribution is 0.195. The predicted octanol–water partition coefficient (Wildman–Crippen LogP) is 3.34. The number of nitrogens with zero attached hydrogens (tertiary/aromatic N) is 1. The summed E-state index contributed by atoms with van der Waals surface area (Å²) in [6, 6.07) is 5.21. The SMILES string of the molecule is Cc1cc(C)c(C2C(CN)CCCCN2C)cc1C. The Morgan fingerprint density at radius 1 is 1.11 bits per heavy atom. The Labute approximate surface area is 118 Å². The highest BCUT2D eigenvalue weighted by molar-refractivity contribution is 5.38. The molecular formula is C17H28N2. The Bertz CT molecular complexity index is 439. The number of rotatable bonds is 2. The number of nitrogens with two attached hydrogens (primary N) is 1. The molecule has 0 bridgehead atoms. The molecule has 1 aromatic rings. The second-order valence-electron chi connectivity index (χ2n) is 6.21. The monoisotopic (exact) mass is 260 g/mol. The van der Waals surface area contributed by atoms with Gasteiger partial charge in [-0.1, -0.05) is 18.6 Å². The fraction of sp³-hybridized carbons (Fsp3) is 0.647. The maximum absolute atomic E-state index is 6.05. The lowest BCUT2D eigenvalue weighted by Gasteiger charge is -2.33. The third kappa shape index (κ3) is 3.01. The van der Waals surface area contributed by atoms with Crippen molar-refractivity contribution in [2.45, 2.75) is 46.1 Å². The summed E-state index contributed by atoms with van der Waals surface area (Å²) in [5, 5.41) is 0. The Morgan fingerprint density at radius 3 is 2.47 bits per heavy atom. The lowest BCUT2D eigenvalue weighted by atomic mass is 9.85. The minimum absolute atomic E-state index is 0.492. The van der Waals surface area contributed by atoms with Crippen molar-refractivity contribution >= 4 is 0 Å². The summed E-state index contributed by atoms with van der Waals surface area (Å²) in [5.74, 6) is 0.591. The molecule has 1 aliphatic rings. The van der Waals surface area contributed by atoms with Crippen LogP contribution in [0.4, 0.5) is 0 Å². The van der Waals surface area contributed by atoms with Crippen LogP contribution < -0.4 is 5.73 Å². The molecule has 2 atom stereocenters. The zero-order valence-corrected chi connectivity index (χ0v) is 12.9. The van der Waals surface area contributed by atoms with Gasteiger partial charge >= 0.3 is 0 Å². The molecule has 2 rings (SSSR count). The molecule has 2 unspecified atom stereocenters. The highest BCUT2D eigenvalue weighted by Gasteiger charge is 2.29. The van der Waals surface area contributed by atoms with E-state index in [0.717, 1.165) is 6.54 Å². The van der Waals surface area contributed by atoms with Crippen LogP contribution in [-0.4, -0.2) is 25.0 Å². The first kappa shape index (κ1) is 14.5. The van der Waals surface area contributed by atoms with Crippen LogP contribution in [0.2, 0.25) is 0 Å². The fourth-order valence-electron chi connectivity index (χ4n) is 3.46. The number of benzene rings is 1. The van der Waals surface area contributed by atoms with Gasteiger partial charge in [0.15, 0.2) is 0 Å². The van der Waals surface area contributed by atoms with Gasteiger partial charge < -0.3 is 5.73 Å². The molecular weight excluding hydrogens is 232 g/mol. The van der Waals surface area contributed by atoms with Gasteiger partial charge in [-0.15, -0.1) is 0 Å². The van der Waals surface area contributed by atoms with Crippen LogP contribution in [-0.2, 0) is 0 Å². The van der Waals surface area contributed by atoms with E-state index in [-0.39, 0.29) is 0 Å². The quantitative estimate of drug-likeness (QED) is 0.883. The van der Waals surface area contributed by atoms with Gasteiger partial charge in [-0.3, -0.25) is 4.90 Å². The van der Waals surface area contributed by atoms with Crippen LogP contribution in [0.25, 0.3) is 0 Å². The second-order valence-corrected chi connectivity index (χ2v) is 6.21. The summed E-state index contributed by atoms with van der Waals surface area (Å²) in [6.45, 7) is 8.64. The number of aryl methyl sites for hydroxylation is 3. The van der Waals surface area contributed by atoms with Gasteiger partial charge in [0.1, 0.15) is 0 Å². The summed E-state index contributed by atoms with van der Waals surface area (Å²) < 4.78 is 0. The van der Waals surface area contributed by atoms with Crippen molar-refractivity contribution in [3.05, 3.63) is 34.4 Å². The van der Waals surface area contributed by atoms with Gasteiger partial charge in [0.25, 0.3) is 0 Å². The molecule has 2 heteroatoms. The van der Waals surface area contributed by atoms with Crippen molar-refractivity contribution in [3.63, 3.8) is 0 Å². The van der Waals surface area contributed by atoms with Crippen LogP contribution in [0, 0.1) is 26.7 Å². The van der Waals surface area contributed by atoms with E-state index < -0.39 is 0 Å². The van der Waals surface area contributed by atoms with E-state index in [1.165, 1.54) is 48.1 Å². The van der Waals surface area contributed by atoms with Crippen molar-refractivity contribution in [1.29, 1.82) is 0 Å². The van der Waals surface area contributed by atoms with Crippen molar-refractivity contribution < 1.29 is 0 Å². The van der Waals surface area contributed by atoms with E-state index in [4.69, 9.17) is 5.73 Å². The average Bonchev–Trinajstić information content (AvgIpc) is 2.55. The Morgan fingerprint density at radius 2 is 1.79 bits per heavy atom. The smallest absolute Gasteiger partial charge is 0.0387 e. The van der Waals surface area contributed by atoms with Crippen molar-refractivity contribution in [1.82, 2.24) is 4.90 Å². The minimum Gasteiger partial charge on any atom is -0.330 e. The highest BCUT2D eigenvalue weighted by Crippen LogP contribution is 2.36. The van der Waals surface area contributed by atoms with Crippen LogP contribution >= 0.6 is 0 Å². The molecule has 0 saturated carbocycles. The molecule has 1 heterocycles. The fourth-order valence-corrected chi connectivity index (χ4v) is 3.46. The molecule has 0 amide bonds. The normalized spacial score (nSPS) is 25.3.